The molecule has 0 unspecified atom stereocenters. The quantitative estimate of drug-likeness (QED) is 0.809. The van der Waals surface area contributed by atoms with Gasteiger partial charge in [-0.1, -0.05) is 12.1 Å². The van der Waals surface area contributed by atoms with Crippen molar-refractivity contribution in [1.82, 2.24) is 14.8 Å². The maximum absolute atomic E-state index is 13.0. The molecule has 1 heterocycles. The van der Waals surface area contributed by atoms with Crippen LogP contribution in [0.15, 0.2) is 30.6 Å². The van der Waals surface area contributed by atoms with Crippen LogP contribution in [0.3, 0.4) is 0 Å². The largest absolute Gasteiger partial charge is 0.299 e. The van der Waals surface area contributed by atoms with Gasteiger partial charge in [-0.2, -0.15) is 5.10 Å². The van der Waals surface area contributed by atoms with Crippen molar-refractivity contribution in [3.63, 3.8) is 0 Å². The zero-order valence-corrected chi connectivity index (χ0v) is 10.1. The molecule has 0 N–H and O–H groups in total. The molecule has 0 atom stereocenters. The van der Waals surface area contributed by atoms with Gasteiger partial charge in [0.25, 0.3) is 0 Å². The summed E-state index contributed by atoms with van der Waals surface area (Å²) < 4.78 is 14.7. The van der Waals surface area contributed by atoms with Crippen molar-refractivity contribution in [3.05, 3.63) is 47.8 Å². The average molecular weight is 247 g/mol. The monoisotopic (exact) mass is 247 g/mol. The number of nitrogens with zero attached hydrogens (tertiary/aromatic N) is 3. The van der Waals surface area contributed by atoms with Crippen molar-refractivity contribution in [3.8, 4) is 0 Å². The van der Waals surface area contributed by atoms with E-state index in [-0.39, 0.29) is 24.4 Å². The molecule has 0 aliphatic rings. The van der Waals surface area contributed by atoms with Gasteiger partial charge in [-0.25, -0.2) is 14.1 Å². The molecule has 0 radical (unpaired) electrons. The van der Waals surface area contributed by atoms with Gasteiger partial charge in [0.15, 0.2) is 0 Å². The van der Waals surface area contributed by atoms with E-state index in [9.17, 15) is 9.18 Å². The third kappa shape index (κ3) is 3.00. The molecule has 4 nitrogen and oxygen atoms in total. The van der Waals surface area contributed by atoms with Gasteiger partial charge in [0.05, 0.1) is 6.42 Å². The molecule has 1 aromatic heterocycles. The van der Waals surface area contributed by atoms with Crippen LogP contribution in [-0.4, -0.2) is 20.5 Å². The lowest BCUT2D eigenvalue weighted by Gasteiger charge is -2.03. The summed E-state index contributed by atoms with van der Waals surface area (Å²) in [5.41, 5.74) is 0.683. The first-order valence-corrected chi connectivity index (χ1v) is 5.82. The van der Waals surface area contributed by atoms with Gasteiger partial charge in [-0.05, 0) is 24.6 Å². The van der Waals surface area contributed by atoms with Crippen molar-refractivity contribution in [2.75, 3.05) is 0 Å². The SMILES string of the molecule is CCn1ncnc1CC(=O)Cc1cccc(F)c1. The summed E-state index contributed by atoms with van der Waals surface area (Å²) >= 11 is 0. The van der Waals surface area contributed by atoms with Crippen LogP contribution >= 0.6 is 0 Å². The fraction of sp³-hybridized carbons (Fsp3) is 0.308. The summed E-state index contributed by atoms with van der Waals surface area (Å²) in [5, 5.41) is 4.00. The highest BCUT2D eigenvalue weighted by atomic mass is 19.1. The Morgan fingerprint density at radius 3 is 2.94 bits per heavy atom. The van der Waals surface area contributed by atoms with Crippen LogP contribution in [0, 0.1) is 5.82 Å². The molecule has 0 saturated heterocycles. The number of benzene rings is 1. The Hall–Kier alpha value is -2.04. The molecule has 0 aliphatic carbocycles. The number of hydrogen-bond acceptors (Lipinski definition) is 3. The van der Waals surface area contributed by atoms with Crippen molar-refractivity contribution in [1.29, 1.82) is 0 Å². The van der Waals surface area contributed by atoms with Crippen molar-refractivity contribution in [2.24, 2.45) is 0 Å². The molecular formula is C13H14FN3O. The highest BCUT2D eigenvalue weighted by molar-refractivity contribution is 5.82. The Bertz CT molecular complexity index is 551. The Morgan fingerprint density at radius 2 is 2.22 bits per heavy atom. The minimum atomic E-state index is -0.322. The van der Waals surface area contributed by atoms with E-state index in [0.717, 1.165) is 0 Å². The molecule has 0 aliphatic heterocycles. The maximum Gasteiger partial charge on any atom is 0.144 e. The number of hydrogen-bond donors (Lipinski definition) is 0. The van der Waals surface area contributed by atoms with Crippen molar-refractivity contribution >= 4 is 5.78 Å². The number of carbonyl (C=O) groups is 1. The Balaban J connectivity index is 2.01. The maximum atomic E-state index is 13.0. The van der Waals surface area contributed by atoms with Gasteiger partial charge in [-0.3, -0.25) is 4.79 Å². The zero-order chi connectivity index (χ0) is 13.0. The third-order valence-corrected chi connectivity index (χ3v) is 2.64. The summed E-state index contributed by atoms with van der Waals surface area (Å²) in [6.07, 6.45) is 1.88. The van der Waals surface area contributed by atoms with E-state index in [0.29, 0.717) is 17.9 Å². The van der Waals surface area contributed by atoms with E-state index < -0.39 is 0 Å². The van der Waals surface area contributed by atoms with E-state index in [2.05, 4.69) is 10.1 Å². The van der Waals surface area contributed by atoms with Gasteiger partial charge in [0.1, 0.15) is 23.8 Å². The number of carbonyl (C=O) groups excluding carboxylic acids is 1. The molecule has 0 fully saturated rings. The normalized spacial score (nSPS) is 10.6. The number of rotatable bonds is 5. The first kappa shape index (κ1) is 12.4. The molecule has 94 valence electrons. The number of ketones is 1. The van der Waals surface area contributed by atoms with Gasteiger partial charge < -0.3 is 0 Å². The van der Waals surface area contributed by atoms with Gasteiger partial charge in [-0.15, -0.1) is 0 Å². The molecule has 0 spiro atoms. The number of Topliss-reactive ketones (excluding diaryl/α,β-unsaturated/α-hetero) is 1. The fourth-order valence-corrected chi connectivity index (χ4v) is 1.80. The predicted octanol–water partition coefficient (Wildman–Crippen LogP) is 1.79. The second kappa shape index (κ2) is 5.53. The van der Waals surface area contributed by atoms with E-state index in [1.165, 1.54) is 18.5 Å². The smallest absolute Gasteiger partial charge is 0.144 e. The molecule has 2 aromatic rings. The third-order valence-electron chi connectivity index (χ3n) is 2.64. The molecule has 2 rings (SSSR count). The van der Waals surface area contributed by atoms with Crippen molar-refractivity contribution < 1.29 is 9.18 Å². The lowest BCUT2D eigenvalue weighted by molar-refractivity contribution is -0.117. The topological polar surface area (TPSA) is 47.8 Å². The van der Waals surface area contributed by atoms with Gasteiger partial charge >= 0.3 is 0 Å². The second-order valence-corrected chi connectivity index (χ2v) is 4.01. The lowest BCUT2D eigenvalue weighted by atomic mass is 10.1. The van der Waals surface area contributed by atoms with Crippen LogP contribution < -0.4 is 0 Å². The summed E-state index contributed by atoms with van der Waals surface area (Å²) in [5.74, 6) is 0.333. The highest BCUT2D eigenvalue weighted by Crippen LogP contribution is 2.06. The van der Waals surface area contributed by atoms with Crippen LogP contribution in [-0.2, 0) is 24.2 Å². The summed E-state index contributed by atoms with van der Waals surface area (Å²) in [4.78, 5) is 15.9. The number of aromatic nitrogens is 3. The standard InChI is InChI=1S/C13H14FN3O/c1-2-17-13(15-9-16-17)8-12(18)7-10-4-3-5-11(14)6-10/h3-6,9H,2,7-8H2,1H3. The van der Waals surface area contributed by atoms with E-state index in [1.54, 1.807) is 16.8 Å². The van der Waals surface area contributed by atoms with Gasteiger partial charge in [0.2, 0.25) is 0 Å². The van der Waals surface area contributed by atoms with Crippen LogP contribution in [0.5, 0.6) is 0 Å². The Kier molecular flexibility index (Phi) is 3.82. The average Bonchev–Trinajstić information content (AvgIpc) is 2.76. The summed E-state index contributed by atoms with van der Waals surface area (Å²) in [6, 6.07) is 6.09. The Labute approximate surface area is 104 Å². The molecular weight excluding hydrogens is 233 g/mol. The first-order valence-electron chi connectivity index (χ1n) is 5.82. The van der Waals surface area contributed by atoms with E-state index >= 15 is 0 Å². The van der Waals surface area contributed by atoms with E-state index in [4.69, 9.17) is 0 Å². The van der Waals surface area contributed by atoms with Crippen molar-refractivity contribution in [2.45, 2.75) is 26.3 Å². The zero-order valence-electron chi connectivity index (χ0n) is 10.1. The molecule has 0 amide bonds. The highest BCUT2D eigenvalue weighted by Gasteiger charge is 2.10. The number of aryl methyl sites for hydroxylation is 1. The molecule has 18 heavy (non-hydrogen) atoms. The molecule has 0 saturated carbocycles. The van der Waals surface area contributed by atoms with Crippen LogP contribution in [0.4, 0.5) is 4.39 Å². The lowest BCUT2D eigenvalue weighted by Crippen LogP contribution is -2.12. The molecule has 1 aromatic carbocycles. The van der Waals surface area contributed by atoms with Crippen LogP contribution in [0.25, 0.3) is 0 Å². The number of halogens is 1. The second-order valence-electron chi connectivity index (χ2n) is 4.01. The van der Waals surface area contributed by atoms with E-state index in [1.807, 2.05) is 6.92 Å². The van der Waals surface area contributed by atoms with Crippen LogP contribution in [0.2, 0.25) is 0 Å². The molecule has 5 heteroatoms. The predicted molar refractivity (Wildman–Crippen MR) is 64.5 cm³/mol. The minimum Gasteiger partial charge on any atom is -0.299 e. The summed E-state index contributed by atoms with van der Waals surface area (Å²) in [7, 11) is 0. The Morgan fingerprint density at radius 1 is 1.39 bits per heavy atom. The molecule has 0 bridgehead atoms. The van der Waals surface area contributed by atoms with Crippen LogP contribution in [0.1, 0.15) is 18.3 Å². The summed E-state index contributed by atoms with van der Waals surface area (Å²) in [6.45, 7) is 2.62. The fourth-order valence-electron chi connectivity index (χ4n) is 1.80. The first-order chi connectivity index (χ1) is 8.69. The minimum absolute atomic E-state index is 0.00306. The van der Waals surface area contributed by atoms with Gasteiger partial charge in [0, 0.05) is 13.0 Å².